The van der Waals surface area contributed by atoms with Crippen molar-refractivity contribution < 1.29 is 37.2 Å². The van der Waals surface area contributed by atoms with Gasteiger partial charge in [0.2, 0.25) is 11.7 Å². The molecule has 0 aliphatic carbocycles. The molecule has 2 aromatic carbocycles. The van der Waals surface area contributed by atoms with Crippen molar-refractivity contribution >= 4 is 10.9 Å². The summed E-state index contributed by atoms with van der Waals surface area (Å²) in [5.74, 6) is 1.12. The van der Waals surface area contributed by atoms with Gasteiger partial charge in [0, 0.05) is 55.4 Å². The predicted molar refractivity (Wildman–Crippen MR) is 80.6 cm³/mol. The number of hydrogen-bond acceptors (Lipinski definition) is 3. The Hall–Kier alpha value is -1.78. The van der Waals surface area contributed by atoms with Crippen molar-refractivity contribution in [2.45, 2.75) is 6.92 Å². The molecule has 5 heteroatoms. The molecule has 0 saturated carbocycles. The zero-order valence-corrected chi connectivity index (χ0v) is 14.8. The third-order valence-corrected chi connectivity index (χ3v) is 3.43. The van der Waals surface area contributed by atoms with Crippen LogP contribution in [0.3, 0.4) is 0 Å². The zero-order chi connectivity index (χ0) is 14.2. The minimum atomic E-state index is 0. The number of nitrogens with one attached hydrogen (secondary N) is 1. The van der Waals surface area contributed by atoms with Gasteiger partial charge < -0.3 is 9.51 Å². The molecule has 0 bridgehead atoms. The normalized spacial score (nSPS) is 10.6. The average Bonchev–Trinajstić information content (AvgIpc) is 3.15. The molecule has 0 aliphatic rings. The van der Waals surface area contributed by atoms with E-state index in [0.717, 1.165) is 27.6 Å². The SMILES string of the molecule is Cc1[c-]ccc(-c2nc(-c3ccc4[nH]ccc4c3)no2)c1.[Y]. The van der Waals surface area contributed by atoms with Crippen LogP contribution in [0.2, 0.25) is 0 Å². The van der Waals surface area contributed by atoms with Gasteiger partial charge in [-0.15, -0.1) is 0 Å². The van der Waals surface area contributed by atoms with E-state index in [2.05, 4.69) is 21.2 Å². The minimum absolute atomic E-state index is 0. The molecule has 0 amide bonds. The van der Waals surface area contributed by atoms with Gasteiger partial charge in [-0.2, -0.15) is 34.8 Å². The maximum atomic E-state index is 5.37. The van der Waals surface area contributed by atoms with Gasteiger partial charge in [0.05, 0.1) is 0 Å². The molecule has 0 atom stereocenters. The summed E-state index contributed by atoms with van der Waals surface area (Å²) in [6.07, 6.45) is 1.92. The Bertz CT molecular complexity index is 926. The van der Waals surface area contributed by atoms with Gasteiger partial charge in [0.1, 0.15) is 0 Å². The number of aromatic amines is 1. The molecule has 0 saturated heterocycles. The van der Waals surface area contributed by atoms with E-state index in [1.807, 2.05) is 55.6 Å². The second-order valence-electron chi connectivity index (χ2n) is 4.96. The van der Waals surface area contributed by atoms with Crippen LogP contribution in [-0.2, 0) is 32.7 Å². The largest absolute Gasteiger partial charge is 0.361 e. The Labute approximate surface area is 152 Å². The quantitative estimate of drug-likeness (QED) is 0.548. The molecular weight excluding hydrogens is 351 g/mol. The number of rotatable bonds is 2. The Morgan fingerprint density at radius 2 is 2.00 bits per heavy atom. The van der Waals surface area contributed by atoms with E-state index in [9.17, 15) is 0 Å². The van der Waals surface area contributed by atoms with Gasteiger partial charge in [-0.05, 0) is 24.3 Å². The molecule has 105 valence electrons. The van der Waals surface area contributed by atoms with E-state index >= 15 is 0 Å². The Balaban J connectivity index is 0.00000144. The number of fused-ring (bicyclic) bond motifs is 1. The molecule has 1 radical (unpaired) electrons. The molecule has 22 heavy (non-hydrogen) atoms. The Morgan fingerprint density at radius 3 is 2.86 bits per heavy atom. The number of hydrogen-bond donors (Lipinski definition) is 1. The summed E-state index contributed by atoms with van der Waals surface area (Å²) in [7, 11) is 0. The smallest absolute Gasteiger partial charge is 0.233 e. The summed E-state index contributed by atoms with van der Waals surface area (Å²) in [6.45, 7) is 1.99. The van der Waals surface area contributed by atoms with Crippen LogP contribution in [-0.4, -0.2) is 15.1 Å². The molecule has 4 nitrogen and oxygen atoms in total. The Morgan fingerprint density at radius 1 is 1.09 bits per heavy atom. The van der Waals surface area contributed by atoms with Crippen LogP contribution < -0.4 is 0 Å². The topological polar surface area (TPSA) is 54.7 Å². The number of benzene rings is 2. The van der Waals surface area contributed by atoms with Gasteiger partial charge in [-0.25, -0.2) is 0 Å². The van der Waals surface area contributed by atoms with Crippen LogP contribution in [0.5, 0.6) is 0 Å². The molecule has 4 aromatic rings. The summed E-state index contributed by atoms with van der Waals surface area (Å²) in [5.41, 5.74) is 3.99. The molecular formula is C17H12N3OY-. The first-order chi connectivity index (χ1) is 10.3. The number of aryl methyl sites for hydroxylation is 1. The van der Waals surface area contributed by atoms with Crippen molar-refractivity contribution in [1.82, 2.24) is 15.1 Å². The first-order valence-electron chi connectivity index (χ1n) is 6.69. The first-order valence-corrected chi connectivity index (χ1v) is 6.69. The fourth-order valence-electron chi connectivity index (χ4n) is 2.37. The van der Waals surface area contributed by atoms with Crippen molar-refractivity contribution in [3.05, 3.63) is 60.3 Å². The maximum Gasteiger partial charge on any atom is 0.233 e. The third kappa shape index (κ3) is 2.76. The fourth-order valence-corrected chi connectivity index (χ4v) is 2.37. The second-order valence-corrected chi connectivity index (χ2v) is 4.96. The van der Waals surface area contributed by atoms with Crippen LogP contribution >= 0.6 is 0 Å². The van der Waals surface area contributed by atoms with Crippen LogP contribution in [0.15, 0.2) is 53.2 Å². The van der Waals surface area contributed by atoms with E-state index in [-0.39, 0.29) is 32.7 Å². The van der Waals surface area contributed by atoms with Gasteiger partial charge >= 0.3 is 0 Å². The molecule has 0 fully saturated rings. The predicted octanol–water partition coefficient (Wildman–Crippen LogP) is 3.99. The molecule has 2 heterocycles. The van der Waals surface area contributed by atoms with Crippen LogP contribution in [0.4, 0.5) is 0 Å². The van der Waals surface area contributed by atoms with Gasteiger partial charge in [-0.3, -0.25) is 0 Å². The summed E-state index contributed by atoms with van der Waals surface area (Å²) >= 11 is 0. The van der Waals surface area contributed by atoms with E-state index in [1.165, 1.54) is 0 Å². The second kappa shape index (κ2) is 6.15. The zero-order valence-electron chi connectivity index (χ0n) is 12.0. The van der Waals surface area contributed by atoms with Crippen molar-refractivity contribution in [3.8, 4) is 22.8 Å². The standard InChI is InChI=1S/C17H12N3O.Y/c1-11-3-2-4-14(9-11)17-19-16(20-21-17)13-5-6-15-12(10-13)7-8-18-15;/h2,4-10,18H,1H3;/q-1;. The Kier molecular flexibility index (Phi) is 4.23. The molecule has 0 spiro atoms. The van der Waals surface area contributed by atoms with E-state index in [4.69, 9.17) is 4.52 Å². The van der Waals surface area contributed by atoms with Crippen molar-refractivity contribution in [2.24, 2.45) is 0 Å². The van der Waals surface area contributed by atoms with Crippen molar-refractivity contribution in [1.29, 1.82) is 0 Å². The molecule has 0 unspecified atom stereocenters. The van der Waals surface area contributed by atoms with Crippen molar-refractivity contribution in [3.63, 3.8) is 0 Å². The van der Waals surface area contributed by atoms with E-state index in [1.54, 1.807) is 0 Å². The first kappa shape index (κ1) is 15.1. The van der Waals surface area contributed by atoms with E-state index < -0.39 is 0 Å². The summed E-state index contributed by atoms with van der Waals surface area (Å²) < 4.78 is 5.37. The summed E-state index contributed by atoms with van der Waals surface area (Å²) in [5, 5.41) is 5.21. The van der Waals surface area contributed by atoms with Gasteiger partial charge in [0.25, 0.3) is 0 Å². The van der Waals surface area contributed by atoms with Crippen molar-refractivity contribution in [2.75, 3.05) is 0 Å². The monoisotopic (exact) mass is 363 g/mol. The number of H-pyrrole nitrogens is 1. The molecule has 4 rings (SSSR count). The summed E-state index contributed by atoms with van der Waals surface area (Å²) in [4.78, 5) is 7.65. The average molecular weight is 363 g/mol. The number of nitrogens with zero attached hydrogens (tertiary/aromatic N) is 2. The van der Waals surface area contributed by atoms with Gasteiger partial charge in [0.15, 0.2) is 0 Å². The molecule has 2 aromatic heterocycles. The van der Waals surface area contributed by atoms with E-state index in [0.29, 0.717) is 11.7 Å². The number of aromatic nitrogens is 3. The molecule has 1 N–H and O–H groups in total. The summed E-state index contributed by atoms with van der Waals surface area (Å²) in [6, 6.07) is 16.9. The fraction of sp³-hybridized carbons (Fsp3) is 0.0588. The van der Waals surface area contributed by atoms with Gasteiger partial charge in [-0.1, -0.05) is 17.6 Å². The van der Waals surface area contributed by atoms with Crippen LogP contribution in [0.1, 0.15) is 5.56 Å². The van der Waals surface area contributed by atoms with Crippen LogP contribution in [0.25, 0.3) is 33.7 Å². The minimum Gasteiger partial charge on any atom is -0.361 e. The maximum absolute atomic E-state index is 5.37. The van der Waals surface area contributed by atoms with Crippen LogP contribution in [0, 0.1) is 13.0 Å². The third-order valence-electron chi connectivity index (χ3n) is 3.43. The molecule has 0 aliphatic heterocycles.